The van der Waals surface area contributed by atoms with E-state index >= 15 is 0 Å². The van der Waals surface area contributed by atoms with Crippen LogP contribution in [-0.2, 0) is 22.4 Å². The van der Waals surface area contributed by atoms with Gasteiger partial charge in [0, 0.05) is 18.0 Å². The molecule has 0 bridgehead atoms. The average Bonchev–Trinajstić information content (AvgIpc) is 2.62. The normalized spacial score (nSPS) is 12.1. The van der Waals surface area contributed by atoms with Crippen molar-refractivity contribution in [2.24, 2.45) is 0 Å². The number of halogens is 1. The lowest BCUT2D eigenvalue weighted by Crippen LogP contribution is -2.49. The molecule has 150 valence electrons. The number of nitrogens with one attached hydrogen (secondary N) is 2. The maximum absolute atomic E-state index is 12.7. The van der Waals surface area contributed by atoms with Gasteiger partial charge in [-0.05, 0) is 50.5 Å². The maximum Gasteiger partial charge on any atom is 0.408 e. The van der Waals surface area contributed by atoms with Crippen molar-refractivity contribution >= 4 is 23.6 Å². The van der Waals surface area contributed by atoms with Gasteiger partial charge in [0.2, 0.25) is 5.91 Å². The van der Waals surface area contributed by atoms with E-state index in [1.165, 1.54) is 0 Å². The molecule has 2 rings (SSSR count). The summed E-state index contributed by atoms with van der Waals surface area (Å²) in [6, 6.07) is 16.3. The van der Waals surface area contributed by atoms with Gasteiger partial charge in [-0.2, -0.15) is 0 Å². The molecule has 0 spiro atoms. The van der Waals surface area contributed by atoms with E-state index < -0.39 is 17.7 Å². The summed E-state index contributed by atoms with van der Waals surface area (Å²) < 4.78 is 5.30. The summed E-state index contributed by atoms with van der Waals surface area (Å²) >= 11 is 5.89. The second-order valence-electron chi connectivity index (χ2n) is 7.56. The summed E-state index contributed by atoms with van der Waals surface area (Å²) in [4.78, 5) is 24.9. The molecule has 2 N–H and O–H groups in total. The molecule has 1 unspecified atom stereocenters. The predicted molar refractivity (Wildman–Crippen MR) is 111 cm³/mol. The summed E-state index contributed by atoms with van der Waals surface area (Å²) in [5.41, 5.74) is 1.40. The average molecular weight is 403 g/mol. The molecule has 0 aliphatic rings. The molecule has 0 fully saturated rings. The minimum Gasteiger partial charge on any atom is -0.444 e. The van der Waals surface area contributed by atoms with Crippen molar-refractivity contribution < 1.29 is 14.3 Å². The Morgan fingerprint density at radius 2 is 1.64 bits per heavy atom. The molecule has 0 aromatic heterocycles. The van der Waals surface area contributed by atoms with Gasteiger partial charge in [-0.1, -0.05) is 54.1 Å². The van der Waals surface area contributed by atoms with Crippen LogP contribution in [-0.4, -0.2) is 30.2 Å². The molecule has 2 amide bonds. The third-order valence-electron chi connectivity index (χ3n) is 3.92. The van der Waals surface area contributed by atoms with E-state index in [0.29, 0.717) is 24.4 Å². The van der Waals surface area contributed by atoms with E-state index in [4.69, 9.17) is 16.3 Å². The molecule has 1 atom stereocenters. The van der Waals surface area contributed by atoms with Gasteiger partial charge < -0.3 is 15.4 Å². The van der Waals surface area contributed by atoms with Crippen molar-refractivity contribution in [2.45, 2.75) is 45.3 Å². The first kappa shape index (κ1) is 21.8. The van der Waals surface area contributed by atoms with Gasteiger partial charge in [-0.15, -0.1) is 0 Å². The fourth-order valence-corrected chi connectivity index (χ4v) is 2.74. The molecule has 0 saturated heterocycles. The zero-order valence-electron chi connectivity index (χ0n) is 16.5. The number of hydrogen-bond donors (Lipinski definition) is 2. The van der Waals surface area contributed by atoms with Gasteiger partial charge in [-0.3, -0.25) is 4.79 Å². The Kier molecular flexibility index (Phi) is 7.88. The van der Waals surface area contributed by atoms with Crippen LogP contribution < -0.4 is 10.6 Å². The smallest absolute Gasteiger partial charge is 0.408 e. The lowest BCUT2D eigenvalue weighted by molar-refractivity contribution is -0.123. The van der Waals surface area contributed by atoms with Crippen molar-refractivity contribution in [3.63, 3.8) is 0 Å². The van der Waals surface area contributed by atoms with E-state index in [1.807, 2.05) is 54.6 Å². The molecule has 0 saturated carbocycles. The van der Waals surface area contributed by atoms with Crippen LogP contribution in [0.25, 0.3) is 0 Å². The van der Waals surface area contributed by atoms with Gasteiger partial charge >= 0.3 is 6.09 Å². The second kappa shape index (κ2) is 10.1. The number of hydrogen-bond acceptors (Lipinski definition) is 3. The molecule has 2 aromatic rings. The van der Waals surface area contributed by atoms with E-state index in [0.717, 1.165) is 11.1 Å². The van der Waals surface area contributed by atoms with Crippen LogP contribution in [0.4, 0.5) is 4.79 Å². The molecule has 2 aromatic carbocycles. The molecule has 0 heterocycles. The van der Waals surface area contributed by atoms with E-state index in [1.54, 1.807) is 20.8 Å². The highest BCUT2D eigenvalue weighted by Gasteiger charge is 2.24. The first-order valence-corrected chi connectivity index (χ1v) is 9.66. The predicted octanol–water partition coefficient (Wildman–Crippen LogP) is 4.13. The molecule has 6 heteroatoms. The van der Waals surface area contributed by atoms with E-state index in [2.05, 4.69) is 10.6 Å². The lowest BCUT2D eigenvalue weighted by Gasteiger charge is -2.23. The SMILES string of the molecule is CC(C)(C)OC(=O)NC(Cc1ccccc1)C(=O)NCCc1ccc(Cl)cc1. The molecule has 5 nitrogen and oxygen atoms in total. The highest BCUT2D eigenvalue weighted by Crippen LogP contribution is 2.10. The molecular formula is C22H27ClN2O3. The highest BCUT2D eigenvalue weighted by molar-refractivity contribution is 6.30. The van der Waals surface area contributed by atoms with Gasteiger partial charge in [0.25, 0.3) is 0 Å². The number of carbonyl (C=O) groups is 2. The minimum atomic E-state index is -0.720. The number of benzene rings is 2. The largest absolute Gasteiger partial charge is 0.444 e. The maximum atomic E-state index is 12.7. The summed E-state index contributed by atoms with van der Waals surface area (Å²) in [5.74, 6) is -0.247. The molecule has 28 heavy (non-hydrogen) atoms. The number of amides is 2. The Morgan fingerprint density at radius 1 is 1.00 bits per heavy atom. The van der Waals surface area contributed by atoms with Crippen molar-refractivity contribution in [1.29, 1.82) is 0 Å². The van der Waals surface area contributed by atoms with E-state index in [9.17, 15) is 9.59 Å². The number of ether oxygens (including phenoxy) is 1. The molecular weight excluding hydrogens is 376 g/mol. The second-order valence-corrected chi connectivity index (χ2v) is 7.99. The highest BCUT2D eigenvalue weighted by atomic mass is 35.5. The fourth-order valence-electron chi connectivity index (χ4n) is 2.61. The van der Waals surface area contributed by atoms with Crippen molar-refractivity contribution in [1.82, 2.24) is 10.6 Å². The molecule has 0 aliphatic heterocycles. The first-order valence-electron chi connectivity index (χ1n) is 9.28. The van der Waals surface area contributed by atoms with Crippen LogP contribution in [0.15, 0.2) is 54.6 Å². The standard InChI is InChI=1S/C22H27ClN2O3/c1-22(2,3)28-21(27)25-19(15-17-7-5-4-6-8-17)20(26)24-14-13-16-9-11-18(23)12-10-16/h4-12,19H,13-15H2,1-3H3,(H,24,26)(H,25,27). The van der Waals surface area contributed by atoms with Gasteiger partial charge in [0.15, 0.2) is 0 Å². The Balaban J connectivity index is 1.96. The van der Waals surface area contributed by atoms with Crippen LogP contribution in [0.2, 0.25) is 5.02 Å². The van der Waals surface area contributed by atoms with E-state index in [-0.39, 0.29) is 5.91 Å². The third kappa shape index (κ3) is 8.01. The Bertz CT molecular complexity index is 771. The lowest BCUT2D eigenvalue weighted by atomic mass is 10.1. The van der Waals surface area contributed by atoms with Crippen molar-refractivity contribution in [3.8, 4) is 0 Å². The topological polar surface area (TPSA) is 67.4 Å². The van der Waals surface area contributed by atoms with Gasteiger partial charge in [-0.25, -0.2) is 4.79 Å². The Hall–Kier alpha value is -2.53. The zero-order valence-corrected chi connectivity index (χ0v) is 17.3. The fraction of sp³-hybridized carbons (Fsp3) is 0.364. The molecule has 0 radical (unpaired) electrons. The third-order valence-corrected chi connectivity index (χ3v) is 4.17. The summed E-state index contributed by atoms with van der Waals surface area (Å²) in [6.07, 6.45) is 0.446. The van der Waals surface area contributed by atoms with Crippen molar-refractivity contribution in [2.75, 3.05) is 6.54 Å². The monoisotopic (exact) mass is 402 g/mol. The quantitative estimate of drug-likeness (QED) is 0.731. The number of rotatable bonds is 7. The Morgan fingerprint density at radius 3 is 2.25 bits per heavy atom. The van der Waals surface area contributed by atoms with Crippen LogP contribution in [0.3, 0.4) is 0 Å². The minimum absolute atomic E-state index is 0.247. The van der Waals surface area contributed by atoms with Crippen LogP contribution >= 0.6 is 11.6 Å². The van der Waals surface area contributed by atoms with Gasteiger partial charge in [0.05, 0.1) is 0 Å². The van der Waals surface area contributed by atoms with Crippen LogP contribution in [0.5, 0.6) is 0 Å². The summed E-state index contributed by atoms with van der Waals surface area (Å²) in [5, 5.41) is 6.26. The summed E-state index contributed by atoms with van der Waals surface area (Å²) in [6.45, 7) is 5.81. The summed E-state index contributed by atoms with van der Waals surface area (Å²) in [7, 11) is 0. The molecule has 0 aliphatic carbocycles. The van der Waals surface area contributed by atoms with Crippen LogP contribution in [0, 0.1) is 0 Å². The first-order chi connectivity index (χ1) is 13.2. The number of carbonyl (C=O) groups excluding carboxylic acids is 2. The van der Waals surface area contributed by atoms with Gasteiger partial charge in [0.1, 0.15) is 11.6 Å². The number of alkyl carbamates (subject to hydrolysis) is 1. The van der Waals surface area contributed by atoms with Crippen molar-refractivity contribution in [3.05, 3.63) is 70.7 Å². The zero-order chi connectivity index (χ0) is 20.6. The Labute approximate surface area is 171 Å². The van der Waals surface area contributed by atoms with Crippen LogP contribution in [0.1, 0.15) is 31.9 Å².